The van der Waals surface area contributed by atoms with E-state index in [1.54, 1.807) is 23.1 Å². The fourth-order valence-electron chi connectivity index (χ4n) is 1.95. The lowest BCUT2D eigenvalue weighted by molar-refractivity contribution is -0.116. The van der Waals surface area contributed by atoms with Gasteiger partial charge in [0.15, 0.2) is 0 Å². The number of rotatable bonds is 5. The zero-order valence-corrected chi connectivity index (χ0v) is 11.4. The molecule has 1 heterocycles. The molecule has 0 aliphatic heterocycles. The van der Waals surface area contributed by atoms with Crippen LogP contribution in [0.25, 0.3) is 0 Å². The summed E-state index contributed by atoms with van der Waals surface area (Å²) in [5.41, 5.74) is 13.2. The third-order valence-electron chi connectivity index (χ3n) is 2.96. The Balaban J connectivity index is 2.32. The zero-order valence-electron chi connectivity index (χ0n) is 11.4. The van der Waals surface area contributed by atoms with Gasteiger partial charge in [-0.1, -0.05) is 18.2 Å². The van der Waals surface area contributed by atoms with Gasteiger partial charge in [0.1, 0.15) is 5.82 Å². The quantitative estimate of drug-likeness (QED) is 0.795. The van der Waals surface area contributed by atoms with Crippen LogP contribution in [-0.2, 0) is 11.3 Å². The summed E-state index contributed by atoms with van der Waals surface area (Å²) in [6.07, 6.45) is 1.52. The molecule has 1 aromatic heterocycles. The van der Waals surface area contributed by atoms with Gasteiger partial charge in [-0.15, -0.1) is 0 Å². The molecule has 1 aromatic carbocycles. The number of nitrogen functional groups attached to an aromatic ring is 1. The van der Waals surface area contributed by atoms with Gasteiger partial charge < -0.3 is 16.4 Å². The largest absolute Gasteiger partial charge is 0.398 e. The van der Waals surface area contributed by atoms with Crippen LogP contribution in [0.3, 0.4) is 0 Å². The lowest BCUT2D eigenvalue weighted by Gasteiger charge is -2.23. The molecule has 0 aliphatic rings. The smallest absolute Gasteiger partial charge is 0.237 e. The molecule has 6 heteroatoms. The molecule has 0 fully saturated rings. The molecule has 21 heavy (non-hydrogen) atoms. The number of amides is 1. The van der Waals surface area contributed by atoms with Crippen molar-refractivity contribution in [2.24, 2.45) is 5.73 Å². The topological polar surface area (TPSA) is 109 Å². The summed E-state index contributed by atoms with van der Waals surface area (Å²) in [6.45, 7) is 0.383. The Morgan fingerprint density at radius 2 is 2.10 bits per heavy atom. The van der Waals surface area contributed by atoms with Crippen LogP contribution in [-0.4, -0.2) is 17.4 Å². The first kappa shape index (κ1) is 14.3. The number of anilines is 2. The number of benzene rings is 1. The molecule has 0 spiro atoms. The molecule has 0 unspecified atom stereocenters. The van der Waals surface area contributed by atoms with Gasteiger partial charge in [0, 0.05) is 18.4 Å². The fourth-order valence-corrected chi connectivity index (χ4v) is 1.95. The van der Waals surface area contributed by atoms with Crippen molar-refractivity contribution < 1.29 is 4.79 Å². The number of pyridine rings is 1. The second-order valence-electron chi connectivity index (χ2n) is 4.54. The average Bonchev–Trinajstić information content (AvgIpc) is 2.48. The summed E-state index contributed by atoms with van der Waals surface area (Å²) in [7, 11) is 0. The summed E-state index contributed by atoms with van der Waals surface area (Å²) in [5, 5.41) is 8.95. The SMILES string of the molecule is N#Cc1ccnc(N(CC(N)=O)Cc2ccccc2N)c1. The normalized spacial score (nSPS) is 9.86. The first-order valence-corrected chi connectivity index (χ1v) is 6.33. The maximum atomic E-state index is 11.3. The third kappa shape index (κ3) is 3.70. The minimum Gasteiger partial charge on any atom is -0.398 e. The predicted molar refractivity (Wildman–Crippen MR) is 80.1 cm³/mol. The molecular weight excluding hydrogens is 266 g/mol. The number of nitrogens with two attached hydrogens (primary N) is 2. The molecule has 0 saturated heterocycles. The number of hydrogen-bond donors (Lipinski definition) is 2. The van der Waals surface area contributed by atoms with Crippen molar-refractivity contribution in [2.45, 2.75) is 6.54 Å². The van der Waals surface area contributed by atoms with E-state index in [0.29, 0.717) is 23.6 Å². The number of para-hydroxylation sites is 1. The van der Waals surface area contributed by atoms with E-state index in [1.165, 1.54) is 6.20 Å². The number of nitriles is 1. The predicted octanol–water partition coefficient (Wildman–Crippen LogP) is 1.03. The average molecular weight is 281 g/mol. The van der Waals surface area contributed by atoms with Crippen LogP contribution in [0.1, 0.15) is 11.1 Å². The molecule has 0 saturated carbocycles. The van der Waals surface area contributed by atoms with Crippen molar-refractivity contribution in [2.75, 3.05) is 17.2 Å². The second kappa shape index (κ2) is 6.39. The fraction of sp³-hybridized carbons (Fsp3) is 0.133. The van der Waals surface area contributed by atoms with Crippen molar-refractivity contribution in [1.29, 1.82) is 5.26 Å². The van der Waals surface area contributed by atoms with E-state index >= 15 is 0 Å². The van der Waals surface area contributed by atoms with Gasteiger partial charge in [-0.05, 0) is 23.8 Å². The van der Waals surface area contributed by atoms with Gasteiger partial charge in [0.25, 0.3) is 0 Å². The van der Waals surface area contributed by atoms with Crippen molar-refractivity contribution in [3.8, 4) is 6.07 Å². The number of aromatic nitrogens is 1. The highest BCUT2D eigenvalue weighted by atomic mass is 16.1. The van der Waals surface area contributed by atoms with Gasteiger partial charge in [-0.25, -0.2) is 4.98 Å². The molecule has 0 bridgehead atoms. The monoisotopic (exact) mass is 281 g/mol. The standard InChI is InChI=1S/C15H15N5O/c16-8-11-5-6-19-15(7-11)20(10-14(18)21)9-12-3-1-2-4-13(12)17/h1-7H,9-10,17H2,(H2,18,21). The van der Waals surface area contributed by atoms with E-state index in [1.807, 2.05) is 24.3 Å². The van der Waals surface area contributed by atoms with Crippen LogP contribution in [0.15, 0.2) is 42.6 Å². The van der Waals surface area contributed by atoms with Crippen LogP contribution in [0, 0.1) is 11.3 Å². The molecule has 4 N–H and O–H groups in total. The number of nitrogens with zero attached hydrogens (tertiary/aromatic N) is 3. The zero-order chi connectivity index (χ0) is 15.2. The van der Waals surface area contributed by atoms with Crippen molar-refractivity contribution in [3.05, 3.63) is 53.7 Å². The van der Waals surface area contributed by atoms with Crippen LogP contribution in [0.2, 0.25) is 0 Å². The first-order chi connectivity index (χ1) is 10.1. The summed E-state index contributed by atoms with van der Waals surface area (Å²) < 4.78 is 0. The molecule has 0 aliphatic carbocycles. The highest BCUT2D eigenvalue weighted by Crippen LogP contribution is 2.18. The van der Waals surface area contributed by atoms with E-state index in [-0.39, 0.29) is 6.54 Å². The Hall–Kier alpha value is -3.07. The van der Waals surface area contributed by atoms with Gasteiger partial charge in [-0.2, -0.15) is 5.26 Å². The Morgan fingerprint density at radius 3 is 2.76 bits per heavy atom. The molecule has 0 atom stereocenters. The van der Waals surface area contributed by atoms with Crippen LogP contribution >= 0.6 is 0 Å². The van der Waals surface area contributed by atoms with E-state index in [4.69, 9.17) is 16.7 Å². The van der Waals surface area contributed by atoms with E-state index in [2.05, 4.69) is 4.98 Å². The molecule has 6 nitrogen and oxygen atoms in total. The molecule has 106 valence electrons. The van der Waals surface area contributed by atoms with E-state index < -0.39 is 5.91 Å². The Bertz CT molecular complexity index is 692. The maximum absolute atomic E-state index is 11.3. The van der Waals surface area contributed by atoms with Gasteiger partial charge in [-0.3, -0.25) is 4.79 Å². The molecule has 1 amide bonds. The highest BCUT2D eigenvalue weighted by molar-refractivity contribution is 5.79. The Kier molecular flexibility index (Phi) is 4.36. The van der Waals surface area contributed by atoms with Crippen LogP contribution in [0.4, 0.5) is 11.5 Å². The van der Waals surface area contributed by atoms with Gasteiger partial charge in [0.05, 0.1) is 18.2 Å². The number of carbonyl (C=O) groups is 1. The van der Waals surface area contributed by atoms with Crippen molar-refractivity contribution >= 4 is 17.4 Å². The minimum atomic E-state index is -0.478. The summed E-state index contributed by atoms with van der Waals surface area (Å²) in [5.74, 6) is 0.0322. The van der Waals surface area contributed by atoms with Crippen molar-refractivity contribution in [1.82, 2.24) is 4.98 Å². The number of hydrogen-bond acceptors (Lipinski definition) is 5. The Morgan fingerprint density at radius 1 is 1.33 bits per heavy atom. The minimum absolute atomic E-state index is 0.00375. The molecular formula is C15H15N5O. The van der Waals surface area contributed by atoms with Gasteiger partial charge in [0.2, 0.25) is 5.91 Å². The van der Waals surface area contributed by atoms with Crippen molar-refractivity contribution in [3.63, 3.8) is 0 Å². The molecule has 2 aromatic rings. The van der Waals surface area contributed by atoms with E-state index in [9.17, 15) is 4.79 Å². The highest BCUT2D eigenvalue weighted by Gasteiger charge is 2.13. The van der Waals surface area contributed by atoms with Gasteiger partial charge >= 0.3 is 0 Å². The summed E-state index contributed by atoms with van der Waals surface area (Å²) in [4.78, 5) is 17.2. The maximum Gasteiger partial charge on any atom is 0.237 e. The Labute approximate surface area is 122 Å². The van der Waals surface area contributed by atoms with E-state index in [0.717, 1.165) is 5.56 Å². The first-order valence-electron chi connectivity index (χ1n) is 6.33. The lowest BCUT2D eigenvalue weighted by Crippen LogP contribution is -2.34. The summed E-state index contributed by atoms with van der Waals surface area (Å²) >= 11 is 0. The molecule has 0 radical (unpaired) electrons. The van der Waals surface area contributed by atoms with Crippen LogP contribution < -0.4 is 16.4 Å². The lowest BCUT2D eigenvalue weighted by atomic mass is 10.1. The molecule has 2 rings (SSSR count). The second-order valence-corrected chi connectivity index (χ2v) is 4.54. The number of primary amides is 1. The number of carbonyl (C=O) groups excluding carboxylic acids is 1. The van der Waals surface area contributed by atoms with Crippen LogP contribution in [0.5, 0.6) is 0 Å². The third-order valence-corrected chi connectivity index (χ3v) is 2.96. The summed E-state index contributed by atoms with van der Waals surface area (Å²) in [6, 6.07) is 12.6.